The Kier molecular flexibility index (Phi) is 2.75. The Bertz CT molecular complexity index is 517. The van der Waals surface area contributed by atoms with Gasteiger partial charge in [-0.25, -0.2) is 9.69 Å². The van der Waals surface area contributed by atoms with E-state index < -0.39 is 11.6 Å². The topological polar surface area (TPSA) is 93.6 Å². The van der Waals surface area contributed by atoms with Crippen molar-refractivity contribution in [3.8, 4) is 6.07 Å². The van der Waals surface area contributed by atoms with Crippen LogP contribution in [0.4, 0.5) is 10.6 Å². The number of β-amino-alcohol motifs (C(OH)–C–C–N with tert-alkyl or cyclic N) is 1. The van der Waals surface area contributed by atoms with E-state index in [0.29, 0.717) is 5.76 Å². The molecule has 0 aliphatic carbocycles. The molecule has 0 radical (unpaired) electrons. The molecule has 1 unspecified atom stereocenters. The van der Waals surface area contributed by atoms with E-state index in [9.17, 15) is 9.90 Å². The normalized spacial score (nSPS) is 20.4. The second-order valence-electron chi connectivity index (χ2n) is 4.80. The first-order valence-electron chi connectivity index (χ1n) is 5.47. The fraction of sp³-hybridized carbons (Fsp3) is 0.545. The third-order valence-electron chi connectivity index (χ3n) is 2.91. The fourth-order valence-electron chi connectivity index (χ4n) is 1.70. The summed E-state index contributed by atoms with van der Waals surface area (Å²) >= 11 is 0. The number of aromatic nitrogens is 1. The van der Waals surface area contributed by atoms with E-state index in [1.54, 1.807) is 20.9 Å². The number of carbonyl (C=O) groups excluding carboxylic acids is 1. The molecule has 2 heterocycles. The van der Waals surface area contributed by atoms with Crippen molar-refractivity contribution in [1.82, 2.24) is 10.1 Å². The van der Waals surface area contributed by atoms with Gasteiger partial charge in [-0.2, -0.15) is 5.26 Å². The van der Waals surface area contributed by atoms with E-state index in [1.807, 2.05) is 0 Å². The van der Waals surface area contributed by atoms with Gasteiger partial charge in [0.25, 0.3) is 0 Å². The van der Waals surface area contributed by atoms with Crippen molar-refractivity contribution in [2.24, 2.45) is 0 Å². The zero-order valence-electron chi connectivity index (χ0n) is 10.4. The third-order valence-corrected chi connectivity index (χ3v) is 2.91. The number of aliphatic hydroxyl groups excluding tert-OH is 1. The van der Waals surface area contributed by atoms with E-state index in [-0.39, 0.29) is 18.4 Å². The minimum Gasteiger partial charge on any atom is -0.371 e. The molecule has 2 amide bonds. The summed E-state index contributed by atoms with van der Waals surface area (Å²) < 4.78 is 5.07. The predicted molar refractivity (Wildman–Crippen MR) is 61.7 cm³/mol. The molecule has 0 saturated carbocycles. The van der Waals surface area contributed by atoms with Crippen LogP contribution < -0.4 is 4.90 Å². The van der Waals surface area contributed by atoms with Crippen LogP contribution in [0.1, 0.15) is 19.6 Å². The lowest BCUT2D eigenvalue weighted by Gasteiger charge is -2.14. The van der Waals surface area contributed by atoms with Gasteiger partial charge < -0.3 is 14.5 Å². The highest BCUT2D eigenvalue weighted by Gasteiger charge is 2.38. The largest absolute Gasteiger partial charge is 0.371 e. The molecular weight excluding hydrogens is 236 g/mol. The van der Waals surface area contributed by atoms with Crippen molar-refractivity contribution in [2.45, 2.75) is 25.5 Å². The Morgan fingerprint density at radius 1 is 1.67 bits per heavy atom. The second-order valence-corrected chi connectivity index (χ2v) is 4.80. The molecule has 1 N–H and O–H groups in total. The molecule has 0 aromatic carbocycles. The van der Waals surface area contributed by atoms with Crippen LogP contribution in [0.5, 0.6) is 0 Å². The van der Waals surface area contributed by atoms with E-state index >= 15 is 0 Å². The molecule has 7 nitrogen and oxygen atoms in total. The molecule has 7 heteroatoms. The van der Waals surface area contributed by atoms with Gasteiger partial charge in [-0.15, -0.1) is 0 Å². The number of aliphatic hydroxyl groups is 1. The molecule has 2 rings (SSSR count). The van der Waals surface area contributed by atoms with Crippen LogP contribution in [-0.2, 0) is 5.41 Å². The smallest absolute Gasteiger partial charge is 0.327 e. The van der Waals surface area contributed by atoms with Crippen molar-refractivity contribution in [3.05, 3.63) is 11.8 Å². The van der Waals surface area contributed by atoms with Crippen LogP contribution in [0.25, 0.3) is 0 Å². The van der Waals surface area contributed by atoms with E-state index in [1.165, 1.54) is 11.0 Å². The zero-order chi connectivity index (χ0) is 13.5. The Hall–Kier alpha value is -2.07. The molecule has 1 aromatic heterocycles. The third kappa shape index (κ3) is 1.80. The number of carbonyl (C=O) groups is 1. The summed E-state index contributed by atoms with van der Waals surface area (Å²) in [7, 11) is 1.59. The Morgan fingerprint density at radius 2 is 2.33 bits per heavy atom. The Balaban J connectivity index is 2.32. The molecule has 1 fully saturated rings. The first-order valence-corrected chi connectivity index (χ1v) is 5.47. The van der Waals surface area contributed by atoms with Gasteiger partial charge >= 0.3 is 6.03 Å². The number of urea groups is 1. The quantitative estimate of drug-likeness (QED) is 0.832. The molecule has 96 valence electrons. The molecule has 0 bridgehead atoms. The molecule has 1 aliphatic heterocycles. The van der Waals surface area contributed by atoms with E-state index in [0.717, 1.165) is 4.90 Å². The zero-order valence-corrected chi connectivity index (χ0v) is 10.4. The maximum absolute atomic E-state index is 11.8. The Morgan fingerprint density at radius 3 is 2.83 bits per heavy atom. The monoisotopic (exact) mass is 250 g/mol. The summed E-state index contributed by atoms with van der Waals surface area (Å²) in [6.45, 7) is 3.58. The number of rotatable bonds is 2. The minimum atomic E-state index is -0.953. The fourth-order valence-corrected chi connectivity index (χ4v) is 1.70. The van der Waals surface area contributed by atoms with Gasteiger partial charge in [0.15, 0.2) is 17.8 Å². The summed E-state index contributed by atoms with van der Waals surface area (Å²) in [5, 5.41) is 22.5. The number of likely N-dealkylation sites (N-methyl/N-ethyl adjacent to an activating group) is 1. The van der Waals surface area contributed by atoms with Crippen molar-refractivity contribution in [3.63, 3.8) is 0 Å². The number of nitriles is 1. The average Bonchev–Trinajstić information content (AvgIpc) is 2.86. The number of hydrogen-bond acceptors (Lipinski definition) is 5. The molecule has 1 saturated heterocycles. The first-order chi connectivity index (χ1) is 8.36. The average molecular weight is 250 g/mol. The standard InChI is InChI=1S/C11H14N4O3/c1-11(2,6-12)7-4-8(13-18-7)15-9(16)5-14(3)10(15)17/h4,9,16H,5H2,1-3H3. The Labute approximate surface area is 104 Å². The molecule has 0 spiro atoms. The van der Waals surface area contributed by atoms with Gasteiger partial charge in [0, 0.05) is 13.1 Å². The van der Waals surface area contributed by atoms with Gasteiger partial charge in [-0.3, -0.25) is 0 Å². The predicted octanol–water partition coefficient (Wildman–Crippen LogP) is 0.666. The molecule has 1 aliphatic rings. The molecule has 18 heavy (non-hydrogen) atoms. The van der Waals surface area contributed by atoms with Gasteiger partial charge in [0.2, 0.25) is 0 Å². The molecule has 1 aromatic rings. The van der Waals surface area contributed by atoms with Crippen molar-refractivity contribution < 1.29 is 14.4 Å². The van der Waals surface area contributed by atoms with Crippen LogP contribution in [-0.4, -0.2) is 41.0 Å². The van der Waals surface area contributed by atoms with Crippen molar-refractivity contribution in [2.75, 3.05) is 18.5 Å². The maximum Gasteiger partial charge on any atom is 0.327 e. The minimum absolute atomic E-state index is 0.211. The molecule has 1 atom stereocenters. The number of nitrogens with zero attached hydrogens (tertiary/aromatic N) is 4. The van der Waals surface area contributed by atoms with Crippen LogP contribution >= 0.6 is 0 Å². The number of hydrogen-bond donors (Lipinski definition) is 1. The van der Waals surface area contributed by atoms with Gasteiger partial charge in [-0.1, -0.05) is 5.16 Å². The number of anilines is 1. The summed E-state index contributed by atoms with van der Waals surface area (Å²) in [4.78, 5) is 14.3. The summed E-state index contributed by atoms with van der Waals surface area (Å²) in [6, 6.07) is 3.24. The van der Waals surface area contributed by atoms with Crippen molar-refractivity contribution >= 4 is 11.8 Å². The highest BCUT2D eigenvalue weighted by Crippen LogP contribution is 2.28. The van der Waals surface area contributed by atoms with E-state index in [4.69, 9.17) is 9.78 Å². The molecular formula is C11H14N4O3. The lowest BCUT2D eigenvalue weighted by Crippen LogP contribution is -2.34. The summed E-state index contributed by atoms with van der Waals surface area (Å²) in [6.07, 6.45) is -0.953. The lowest BCUT2D eigenvalue weighted by molar-refractivity contribution is 0.182. The van der Waals surface area contributed by atoms with E-state index in [2.05, 4.69) is 11.2 Å². The first kappa shape index (κ1) is 12.4. The van der Waals surface area contributed by atoms with Gasteiger partial charge in [-0.05, 0) is 13.8 Å². The van der Waals surface area contributed by atoms with Crippen LogP contribution in [0, 0.1) is 11.3 Å². The second kappa shape index (κ2) is 3.99. The maximum atomic E-state index is 11.8. The van der Waals surface area contributed by atoms with Gasteiger partial charge in [0.05, 0.1) is 12.6 Å². The summed E-state index contributed by atoms with van der Waals surface area (Å²) in [5.41, 5.74) is -0.828. The van der Waals surface area contributed by atoms with Crippen LogP contribution in [0.3, 0.4) is 0 Å². The van der Waals surface area contributed by atoms with Crippen LogP contribution in [0.2, 0.25) is 0 Å². The van der Waals surface area contributed by atoms with Crippen LogP contribution in [0.15, 0.2) is 10.6 Å². The highest BCUT2D eigenvalue weighted by atomic mass is 16.5. The lowest BCUT2D eigenvalue weighted by atomic mass is 9.92. The highest BCUT2D eigenvalue weighted by molar-refractivity contribution is 5.93. The van der Waals surface area contributed by atoms with Crippen molar-refractivity contribution in [1.29, 1.82) is 5.26 Å². The van der Waals surface area contributed by atoms with Gasteiger partial charge in [0.1, 0.15) is 5.41 Å². The summed E-state index contributed by atoms with van der Waals surface area (Å²) in [5.74, 6) is 0.574. The SMILES string of the molecule is CN1CC(O)N(c2cc(C(C)(C)C#N)on2)C1=O. The number of amides is 2.